The van der Waals surface area contributed by atoms with Crippen molar-refractivity contribution in [3.8, 4) is 0 Å². The average molecular weight is 365 g/mol. The first-order chi connectivity index (χ1) is 11.6. The number of hydrogen-bond donors (Lipinski definition) is 1. The summed E-state index contributed by atoms with van der Waals surface area (Å²) in [6.45, 7) is 1.41. The molecule has 3 rings (SSSR count). The summed E-state index contributed by atoms with van der Waals surface area (Å²) in [5, 5.41) is 3.97. The van der Waals surface area contributed by atoms with E-state index in [2.05, 4.69) is 10.3 Å². The van der Waals surface area contributed by atoms with E-state index in [0.717, 1.165) is 18.4 Å². The summed E-state index contributed by atoms with van der Waals surface area (Å²) in [6, 6.07) is 8.62. The normalized spacial score (nSPS) is 16.6. The van der Waals surface area contributed by atoms with Gasteiger partial charge >= 0.3 is 0 Å². The number of carbonyl (C=O) groups excluding carboxylic acids is 1. The molecule has 2 heterocycles. The molecule has 1 aromatic heterocycles. The third-order valence-electron chi connectivity index (χ3n) is 4.24. The summed E-state index contributed by atoms with van der Waals surface area (Å²) in [7, 11) is 0. The van der Waals surface area contributed by atoms with Crippen LogP contribution in [0.4, 0.5) is 0 Å². The van der Waals surface area contributed by atoms with Gasteiger partial charge in [-0.2, -0.15) is 0 Å². The fraction of sp³-hybridized carbons (Fsp3) is 0.333. The minimum atomic E-state index is -0.211. The van der Waals surface area contributed by atoms with Crippen LogP contribution in [0, 0.1) is 5.92 Å². The molecule has 1 unspecified atom stereocenters. The Morgan fingerprint density at radius 3 is 2.71 bits per heavy atom. The van der Waals surface area contributed by atoms with E-state index in [1.807, 2.05) is 12.1 Å². The largest absolute Gasteiger partial charge is 0.381 e. The minimum Gasteiger partial charge on any atom is -0.381 e. The van der Waals surface area contributed by atoms with E-state index >= 15 is 0 Å². The molecule has 4 nitrogen and oxygen atoms in total. The van der Waals surface area contributed by atoms with Crippen molar-refractivity contribution in [1.29, 1.82) is 0 Å². The van der Waals surface area contributed by atoms with Gasteiger partial charge in [0.1, 0.15) is 0 Å². The maximum Gasteiger partial charge on any atom is 0.253 e. The maximum atomic E-state index is 12.7. The Kier molecular flexibility index (Phi) is 5.72. The van der Waals surface area contributed by atoms with Crippen LogP contribution in [-0.2, 0) is 4.74 Å². The number of ether oxygens (including phenoxy) is 1. The fourth-order valence-corrected chi connectivity index (χ4v) is 3.47. The van der Waals surface area contributed by atoms with Gasteiger partial charge < -0.3 is 10.1 Å². The van der Waals surface area contributed by atoms with E-state index in [9.17, 15) is 4.79 Å². The third-order valence-corrected chi connectivity index (χ3v) is 4.79. The van der Waals surface area contributed by atoms with Gasteiger partial charge in [0.15, 0.2) is 0 Å². The summed E-state index contributed by atoms with van der Waals surface area (Å²) in [5.74, 6) is 0.0926. The Morgan fingerprint density at radius 1 is 1.25 bits per heavy atom. The lowest BCUT2D eigenvalue weighted by atomic mass is 9.87. The topological polar surface area (TPSA) is 51.2 Å². The molecule has 1 aromatic carbocycles. The van der Waals surface area contributed by atoms with Gasteiger partial charge in [-0.1, -0.05) is 29.3 Å². The maximum absolute atomic E-state index is 12.7. The molecule has 126 valence electrons. The summed E-state index contributed by atoms with van der Waals surface area (Å²) in [5.41, 5.74) is 1.41. The summed E-state index contributed by atoms with van der Waals surface area (Å²) in [6.07, 6.45) is 5.31. The zero-order valence-corrected chi connectivity index (χ0v) is 14.6. The highest BCUT2D eigenvalue weighted by Gasteiger charge is 2.28. The number of rotatable bonds is 4. The Hall–Kier alpha value is -1.62. The van der Waals surface area contributed by atoms with E-state index in [-0.39, 0.29) is 11.9 Å². The van der Waals surface area contributed by atoms with E-state index in [4.69, 9.17) is 27.9 Å². The lowest BCUT2D eigenvalue weighted by molar-refractivity contribution is 0.0513. The molecule has 1 atom stereocenters. The van der Waals surface area contributed by atoms with Gasteiger partial charge in [-0.15, -0.1) is 0 Å². The number of benzene rings is 1. The highest BCUT2D eigenvalue weighted by Crippen LogP contribution is 2.30. The molecule has 1 saturated heterocycles. The first-order valence-electron chi connectivity index (χ1n) is 7.89. The monoisotopic (exact) mass is 364 g/mol. The van der Waals surface area contributed by atoms with Gasteiger partial charge in [-0.25, -0.2) is 0 Å². The molecule has 1 N–H and O–H groups in total. The summed E-state index contributed by atoms with van der Waals surface area (Å²) >= 11 is 12.1. The van der Waals surface area contributed by atoms with Crippen molar-refractivity contribution in [1.82, 2.24) is 10.3 Å². The number of halogens is 2. The summed E-state index contributed by atoms with van der Waals surface area (Å²) < 4.78 is 5.44. The van der Waals surface area contributed by atoms with Gasteiger partial charge in [0.05, 0.1) is 16.6 Å². The van der Waals surface area contributed by atoms with E-state index < -0.39 is 0 Å². The molecule has 24 heavy (non-hydrogen) atoms. The lowest BCUT2D eigenvalue weighted by Crippen LogP contribution is -2.36. The Bertz CT molecular complexity index is 703. The number of pyridine rings is 1. The third kappa shape index (κ3) is 4.07. The molecular formula is C18H18Cl2N2O2. The minimum absolute atomic E-state index is 0.123. The molecule has 0 spiro atoms. The number of nitrogens with one attached hydrogen (secondary N) is 1. The van der Waals surface area contributed by atoms with Gasteiger partial charge in [0, 0.05) is 30.6 Å². The highest BCUT2D eigenvalue weighted by molar-refractivity contribution is 6.36. The molecular weight excluding hydrogens is 347 g/mol. The molecule has 6 heteroatoms. The smallest absolute Gasteiger partial charge is 0.253 e. The molecule has 1 fully saturated rings. The number of aromatic nitrogens is 1. The van der Waals surface area contributed by atoms with Crippen LogP contribution in [0.1, 0.15) is 34.8 Å². The van der Waals surface area contributed by atoms with Crippen LogP contribution < -0.4 is 5.32 Å². The molecule has 0 radical (unpaired) electrons. The number of hydrogen-bond acceptors (Lipinski definition) is 3. The zero-order valence-electron chi connectivity index (χ0n) is 13.0. The van der Waals surface area contributed by atoms with Crippen molar-refractivity contribution >= 4 is 29.1 Å². The van der Waals surface area contributed by atoms with Crippen LogP contribution in [0.2, 0.25) is 10.0 Å². The Balaban J connectivity index is 1.84. The SMILES string of the molecule is O=C(NC(c1cccnc1)C1CCOCC1)c1ccc(Cl)cc1Cl. The molecule has 1 aliphatic rings. The summed E-state index contributed by atoms with van der Waals surface area (Å²) in [4.78, 5) is 16.9. The van der Waals surface area contributed by atoms with Crippen molar-refractivity contribution in [2.24, 2.45) is 5.92 Å². The molecule has 0 aliphatic carbocycles. The van der Waals surface area contributed by atoms with Crippen molar-refractivity contribution in [3.05, 3.63) is 63.9 Å². The van der Waals surface area contributed by atoms with Crippen LogP contribution >= 0.6 is 23.2 Å². The van der Waals surface area contributed by atoms with Gasteiger partial charge in [0.25, 0.3) is 5.91 Å². The molecule has 0 saturated carbocycles. The quantitative estimate of drug-likeness (QED) is 0.880. The lowest BCUT2D eigenvalue weighted by Gasteiger charge is -2.31. The number of carbonyl (C=O) groups is 1. The number of amides is 1. The van der Waals surface area contributed by atoms with Gasteiger partial charge in [0.2, 0.25) is 0 Å². The highest BCUT2D eigenvalue weighted by atomic mass is 35.5. The van der Waals surface area contributed by atoms with Crippen LogP contribution in [0.3, 0.4) is 0 Å². The first-order valence-corrected chi connectivity index (χ1v) is 8.64. The molecule has 0 bridgehead atoms. The van der Waals surface area contributed by atoms with Crippen LogP contribution in [-0.4, -0.2) is 24.1 Å². The van der Waals surface area contributed by atoms with E-state index in [1.54, 1.807) is 30.6 Å². The molecule has 2 aromatic rings. The fourth-order valence-electron chi connectivity index (χ4n) is 2.98. The second-order valence-electron chi connectivity index (χ2n) is 5.81. The zero-order chi connectivity index (χ0) is 16.9. The van der Waals surface area contributed by atoms with E-state index in [1.165, 1.54) is 0 Å². The average Bonchev–Trinajstić information content (AvgIpc) is 2.61. The first kappa shape index (κ1) is 17.2. The van der Waals surface area contributed by atoms with Crippen LogP contribution in [0.15, 0.2) is 42.7 Å². The van der Waals surface area contributed by atoms with Crippen LogP contribution in [0.5, 0.6) is 0 Å². The predicted molar refractivity (Wildman–Crippen MR) is 94.4 cm³/mol. The van der Waals surface area contributed by atoms with Crippen molar-refractivity contribution in [2.75, 3.05) is 13.2 Å². The second kappa shape index (κ2) is 7.97. The van der Waals surface area contributed by atoms with E-state index in [0.29, 0.717) is 34.7 Å². The molecule has 1 aliphatic heterocycles. The van der Waals surface area contributed by atoms with Crippen molar-refractivity contribution < 1.29 is 9.53 Å². The molecule has 1 amide bonds. The Labute approximate surface area is 151 Å². The van der Waals surface area contributed by atoms with Crippen molar-refractivity contribution in [2.45, 2.75) is 18.9 Å². The Morgan fingerprint density at radius 2 is 2.04 bits per heavy atom. The second-order valence-corrected chi connectivity index (χ2v) is 6.66. The standard InChI is InChI=1S/C18H18Cl2N2O2/c19-14-3-4-15(16(20)10-14)18(23)22-17(12-5-8-24-9-6-12)13-2-1-7-21-11-13/h1-4,7,10-12,17H,5-6,8-9H2,(H,22,23). The predicted octanol–water partition coefficient (Wildman–Crippen LogP) is 4.29. The van der Waals surface area contributed by atoms with Gasteiger partial charge in [-0.05, 0) is 48.6 Å². The number of nitrogens with zero attached hydrogens (tertiary/aromatic N) is 1. The van der Waals surface area contributed by atoms with Crippen molar-refractivity contribution in [3.63, 3.8) is 0 Å². The van der Waals surface area contributed by atoms with Crippen LogP contribution in [0.25, 0.3) is 0 Å². The van der Waals surface area contributed by atoms with Gasteiger partial charge in [-0.3, -0.25) is 9.78 Å².